The molecule has 1 aliphatic rings. The second-order valence-corrected chi connectivity index (χ2v) is 9.34. The third-order valence-electron chi connectivity index (χ3n) is 6.17. The number of hydrogen-bond acceptors (Lipinski definition) is 4. The number of fused-ring (bicyclic) bond motifs is 2. The molecule has 6 heteroatoms. The van der Waals surface area contributed by atoms with Crippen LogP contribution in [0.3, 0.4) is 0 Å². The molecular formula is C26H27FN2O3. The lowest BCUT2D eigenvalue weighted by Gasteiger charge is -2.35. The first-order valence-electron chi connectivity index (χ1n) is 10.9. The molecule has 1 aromatic heterocycles. The van der Waals surface area contributed by atoms with Crippen molar-refractivity contribution in [3.05, 3.63) is 71.2 Å². The molecule has 0 fully saturated rings. The smallest absolute Gasteiger partial charge is 0.339 e. The molecule has 3 aromatic rings. The Kier molecular flexibility index (Phi) is 5.96. The van der Waals surface area contributed by atoms with E-state index in [-0.39, 0.29) is 11.1 Å². The van der Waals surface area contributed by atoms with E-state index in [1.54, 1.807) is 6.07 Å². The maximum atomic E-state index is 13.8. The first kappa shape index (κ1) is 21.9. The van der Waals surface area contributed by atoms with Gasteiger partial charge in [0, 0.05) is 11.1 Å². The number of hydrogen-bond donors (Lipinski definition) is 1. The number of carbonyl (C=O) groups is 2. The number of halogens is 1. The largest absolute Gasteiger partial charge is 0.452 e. The van der Waals surface area contributed by atoms with Gasteiger partial charge in [-0.1, -0.05) is 51.1 Å². The molecule has 1 heterocycles. The van der Waals surface area contributed by atoms with Crippen LogP contribution in [0.5, 0.6) is 0 Å². The van der Waals surface area contributed by atoms with Crippen molar-refractivity contribution in [2.75, 3.05) is 11.9 Å². The van der Waals surface area contributed by atoms with E-state index < -0.39 is 24.3 Å². The van der Waals surface area contributed by atoms with Crippen molar-refractivity contribution in [3.63, 3.8) is 0 Å². The van der Waals surface area contributed by atoms with E-state index in [4.69, 9.17) is 9.72 Å². The normalized spacial score (nSPS) is 15.8. The lowest BCUT2D eigenvalue weighted by molar-refractivity contribution is -0.119. The van der Waals surface area contributed by atoms with Crippen molar-refractivity contribution in [1.82, 2.24) is 4.98 Å². The summed E-state index contributed by atoms with van der Waals surface area (Å²) in [6.07, 6.45) is 2.56. The third kappa shape index (κ3) is 4.49. The standard InChI is InChI=1S/C26H27FN2O3/c1-26(2,3)16-12-13-21-18(14-16)24(17-8-4-6-10-20(17)28-21)25(31)32-15-23(30)29-22-11-7-5-9-19(22)27/h4-11,16H,12-15H2,1-3H3,(H,29,30). The van der Waals surface area contributed by atoms with Crippen molar-refractivity contribution in [1.29, 1.82) is 0 Å². The molecule has 1 aliphatic carbocycles. The van der Waals surface area contributed by atoms with E-state index in [1.807, 2.05) is 24.3 Å². The van der Waals surface area contributed by atoms with Crippen molar-refractivity contribution in [3.8, 4) is 0 Å². The Morgan fingerprint density at radius 2 is 1.84 bits per heavy atom. The summed E-state index contributed by atoms with van der Waals surface area (Å²) in [6, 6.07) is 13.4. The van der Waals surface area contributed by atoms with Crippen LogP contribution in [0.25, 0.3) is 10.9 Å². The zero-order valence-corrected chi connectivity index (χ0v) is 18.6. The van der Waals surface area contributed by atoms with Crippen LogP contribution in [0.15, 0.2) is 48.5 Å². The van der Waals surface area contributed by atoms with Crippen LogP contribution >= 0.6 is 0 Å². The average Bonchev–Trinajstić information content (AvgIpc) is 2.76. The van der Waals surface area contributed by atoms with Gasteiger partial charge in [0.1, 0.15) is 5.82 Å². The van der Waals surface area contributed by atoms with Crippen LogP contribution in [0.2, 0.25) is 0 Å². The lowest BCUT2D eigenvalue weighted by atomic mass is 9.70. The Balaban J connectivity index is 1.60. The van der Waals surface area contributed by atoms with Gasteiger partial charge in [0.25, 0.3) is 5.91 Å². The van der Waals surface area contributed by atoms with E-state index in [0.29, 0.717) is 11.5 Å². The number of nitrogens with zero attached hydrogens (tertiary/aromatic N) is 1. The predicted octanol–water partition coefficient (Wildman–Crippen LogP) is 5.32. The second kappa shape index (κ2) is 8.69. The summed E-state index contributed by atoms with van der Waals surface area (Å²) in [7, 11) is 0. The van der Waals surface area contributed by atoms with Gasteiger partial charge in [-0.05, 0) is 54.4 Å². The Labute approximate surface area is 187 Å². The Hall–Kier alpha value is -3.28. The number of carbonyl (C=O) groups excluding carboxylic acids is 2. The summed E-state index contributed by atoms with van der Waals surface area (Å²) in [4.78, 5) is 30.3. The quantitative estimate of drug-likeness (QED) is 0.564. The van der Waals surface area contributed by atoms with Gasteiger partial charge in [-0.15, -0.1) is 0 Å². The van der Waals surface area contributed by atoms with Crippen molar-refractivity contribution >= 4 is 28.5 Å². The highest BCUT2D eigenvalue weighted by atomic mass is 19.1. The summed E-state index contributed by atoms with van der Waals surface area (Å²) in [5.74, 6) is -1.29. The molecular weight excluding hydrogens is 407 g/mol. The first-order chi connectivity index (χ1) is 15.2. The van der Waals surface area contributed by atoms with E-state index in [2.05, 4.69) is 26.1 Å². The summed E-state index contributed by atoms with van der Waals surface area (Å²) in [5, 5.41) is 3.16. The van der Waals surface area contributed by atoms with Crippen LogP contribution in [0, 0.1) is 17.2 Å². The number of anilines is 1. The molecule has 5 nitrogen and oxygen atoms in total. The Morgan fingerprint density at radius 3 is 2.59 bits per heavy atom. The number of rotatable bonds is 4. The van der Waals surface area contributed by atoms with Gasteiger partial charge in [-0.2, -0.15) is 0 Å². The Bertz CT molecular complexity index is 1180. The first-order valence-corrected chi connectivity index (χ1v) is 10.9. The van der Waals surface area contributed by atoms with Crippen LogP contribution in [0.1, 0.15) is 48.8 Å². The highest BCUT2D eigenvalue weighted by Crippen LogP contribution is 2.39. The number of amides is 1. The second-order valence-electron chi connectivity index (χ2n) is 9.34. The van der Waals surface area contributed by atoms with Gasteiger partial charge in [0.2, 0.25) is 0 Å². The van der Waals surface area contributed by atoms with Gasteiger partial charge in [0.05, 0.1) is 16.8 Å². The molecule has 1 amide bonds. The molecule has 0 radical (unpaired) electrons. The molecule has 166 valence electrons. The molecule has 1 unspecified atom stereocenters. The number of aryl methyl sites for hydroxylation is 1. The van der Waals surface area contributed by atoms with Crippen LogP contribution in [-0.2, 0) is 22.4 Å². The number of pyridine rings is 1. The average molecular weight is 435 g/mol. The highest BCUT2D eigenvalue weighted by Gasteiger charge is 2.33. The summed E-state index contributed by atoms with van der Waals surface area (Å²) < 4.78 is 19.2. The minimum Gasteiger partial charge on any atom is -0.452 e. The molecule has 0 aliphatic heterocycles. The number of nitrogens with one attached hydrogen (secondary N) is 1. The zero-order chi connectivity index (χ0) is 22.9. The number of esters is 1. The fraction of sp³-hybridized carbons (Fsp3) is 0.346. The summed E-state index contributed by atoms with van der Waals surface area (Å²) in [6.45, 7) is 6.13. The summed E-state index contributed by atoms with van der Waals surface area (Å²) >= 11 is 0. The van der Waals surface area contributed by atoms with Crippen LogP contribution < -0.4 is 5.32 Å². The van der Waals surface area contributed by atoms with E-state index in [9.17, 15) is 14.0 Å². The lowest BCUT2D eigenvalue weighted by Crippen LogP contribution is -2.29. The number of benzene rings is 2. The summed E-state index contributed by atoms with van der Waals surface area (Å²) in [5.41, 5.74) is 3.21. The fourth-order valence-electron chi connectivity index (χ4n) is 4.31. The number of ether oxygens (including phenoxy) is 1. The third-order valence-corrected chi connectivity index (χ3v) is 6.17. The predicted molar refractivity (Wildman–Crippen MR) is 122 cm³/mol. The van der Waals surface area contributed by atoms with Crippen molar-refractivity contribution < 1.29 is 18.7 Å². The molecule has 0 saturated heterocycles. The highest BCUT2D eigenvalue weighted by molar-refractivity contribution is 6.06. The number of aromatic nitrogens is 1. The van der Waals surface area contributed by atoms with Gasteiger partial charge >= 0.3 is 5.97 Å². The van der Waals surface area contributed by atoms with Gasteiger partial charge in [0.15, 0.2) is 6.61 Å². The molecule has 1 N–H and O–H groups in total. The Morgan fingerprint density at radius 1 is 1.12 bits per heavy atom. The van der Waals surface area contributed by atoms with E-state index in [0.717, 1.165) is 41.4 Å². The molecule has 1 atom stereocenters. The van der Waals surface area contributed by atoms with Crippen LogP contribution in [0.4, 0.5) is 10.1 Å². The SMILES string of the molecule is CC(C)(C)C1CCc2nc3ccccc3c(C(=O)OCC(=O)Nc3ccccc3F)c2C1. The minimum atomic E-state index is -0.594. The van der Waals surface area contributed by atoms with Crippen molar-refractivity contribution in [2.45, 2.75) is 40.0 Å². The maximum absolute atomic E-state index is 13.8. The molecule has 32 heavy (non-hydrogen) atoms. The zero-order valence-electron chi connectivity index (χ0n) is 18.6. The topological polar surface area (TPSA) is 68.3 Å². The molecule has 4 rings (SSSR count). The molecule has 0 bridgehead atoms. The molecule has 0 spiro atoms. The van der Waals surface area contributed by atoms with Gasteiger partial charge in [-0.25, -0.2) is 9.18 Å². The molecule has 0 saturated carbocycles. The fourth-order valence-corrected chi connectivity index (χ4v) is 4.31. The maximum Gasteiger partial charge on any atom is 0.339 e. The van der Waals surface area contributed by atoms with Gasteiger partial charge < -0.3 is 10.1 Å². The van der Waals surface area contributed by atoms with Gasteiger partial charge in [-0.3, -0.25) is 9.78 Å². The number of para-hydroxylation sites is 2. The minimum absolute atomic E-state index is 0.0494. The van der Waals surface area contributed by atoms with Crippen molar-refractivity contribution in [2.24, 2.45) is 11.3 Å². The molecule has 2 aromatic carbocycles. The van der Waals surface area contributed by atoms with E-state index >= 15 is 0 Å². The monoisotopic (exact) mass is 434 g/mol. The van der Waals surface area contributed by atoms with Crippen LogP contribution in [-0.4, -0.2) is 23.5 Å². The van der Waals surface area contributed by atoms with E-state index in [1.165, 1.54) is 18.2 Å².